The molecule has 0 bridgehead atoms. The second-order valence-electron chi connectivity index (χ2n) is 2.24. The average molecular weight is 189 g/mol. The van der Waals surface area contributed by atoms with E-state index in [2.05, 4.69) is 6.58 Å². The third-order valence-electron chi connectivity index (χ3n) is 1.19. The summed E-state index contributed by atoms with van der Waals surface area (Å²) in [5.41, 5.74) is 0. The molecule has 2 nitrogen and oxygen atoms in total. The number of rotatable bonds is 5. The number of hydrogen-bond acceptors (Lipinski definition) is 2. The third-order valence-corrected chi connectivity index (χ3v) is 1.47. The van der Waals surface area contributed by atoms with Gasteiger partial charge in [-0.3, -0.25) is 0 Å². The molecule has 0 rings (SSSR count). The van der Waals surface area contributed by atoms with E-state index in [0.717, 1.165) is 12.8 Å². The van der Waals surface area contributed by atoms with E-state index in [-0.39, 0.29) is 5.03 Å². The van der Waals surface area contributed by atoms with Crippen LogP contribution in [0.25, 0.3) is 0 Å². The standard InChI is InChI=1S/C9H13ClO2/c1-3-5-7-12-9(11)8(10)6-4-2/h4,6H,2-3,5,7H2,1H3/b8-6-. The van der Waals surface area contributed by atoms with Gasteiger partial charge in [-0.15, -0.1) is 0 Å². The Balaban J connectivity index is 3.72. The monoisotopic (exact) mass is 188 g/mol. The van der Waals surface area contributed by atoms with Crippen LogP contribution in [-0.4, -0.2) is 12.6 Å². The predicted molar refractivity (Wildman–Crippen MR) is 50.0 cm³/mol. The fourth-order valence-corrected chi connectivity index (χ4v) is 0.693. The fraction of sp³-hybridized carbons (Fsp3) is 0.444. The van der Waals surface area contributed by atoms with E-state index >= 15 is 0 Å². The number of halogens is 1. The van der Waals surface area contributed by atoms with Gasteiger partial charge in [-0.1, -0.05) is 37.6 Å². The maximum atomic E-state index is 10.9. The third kappa shape index (κ3) is 4.97. The summed E-state index contributed by atoms with van der Waals surface area (Å²) in [5.74, 6) is -0.481. The molecule has 0 amide bonds. The van der Waals surface area contributed by atoms with Crippen LogP contribution >= 0.6 is 11.6 Å². The first-order valence-electron chi connectivity index (χ1n) is 3.87. The van der Waals surface area contributed by atoms with E-state index in [1.54, 1.807) is 0 Å². The van der Waals surface area contributed by atoms with Gasteiger partial charge in [-0.2, -0.15) is 0 Å². The SMILES string of the molecule is C=C/C=C(\Cl)C(=O)OCCCC. The maximum Gasteiger partial charge on any atom is 0.349 e. The molecular formula is C9H13ClO2. The van der Waals surface area contributed by atoms with Gasteiger partial charge in [0.25, 0.3) is 0 Å². The van der Waals surface area contributed by atoms with Crippen LogP contribution in [0, 0.1) is 0 Å². The number of hydrogen-bond donors (Lipinski definition) is 0. The van der Waals surface area contributed by atoms with Crippen LogP contribution in [0.3, 0.4) is 0 Å². The highest BCUT2D eigenvalue weighted by Gasteiger charge is 2.05. The summed E-state index contributed by atoms with van der Waals surface area (Å²) in [4.78, 5) is 10.9. The van der Waals surface area contributed by atoms with Crippen LogP contribution in [0.2, 0.25) is 0 Å². The van der Waals surface area contributed by atoms with Crippen molar-refractivity contribution in [2.45, 2.75) is 19.8 Å². The molecule has 0 aliphatic heterocycles. The topological polar surface area (TPSA) is 26.3 Å². The zero-order valence-corrected chi connectivity index (χ0v) is 7.93. The van der Waals surface area contributed by atoms with Crippen LogP contribution < -0.4 is 0 Å². The lowest BCUT2D eigenvalue weighted by Crippen LogP contribution is -2.05. The molecule has 0 aromatic rings. The first-order valence-corrected chi connectivity index (χ1v) is 4.25. The van der Waals surface area contributed by atoms with Crippen molar-refractivity contribution in [3.05, 3.63) is 23.8 Å². The minimum Gasteiger partial charge on any atom is -0.461 e. The van der Waals surface area contributed by atoms with E-state index in [0.29, 0.717) is 6.61 Å². The van der Waals surface area contributed by atoms with E-state index in [1.807, 2.05) is 6.92 Å². The number of esters is 1. The van der Waals surface area contributed by atoms with Crippen molar-refractivity contribution in [1.29, 1.82) is 0 Å². The molecule has 0 heterocycles. The number of carbonyl (C=O) groups is 1. The Morgan fingerprint density at radius 3 is 2.83 bits per heavy atom. The molecule has 0 aromatic heterocycles. The van der Waals surface area contributed by atoms with Gasteiger partial charge in [-0.25, -0.2) is 4.79 Å². The van der Waals surface area contributed by atoms with Crippen molar-refractivity contribution in [3.63, 3.8) is 0 Å². The summed E-state index contributed by atoms with van der Waals surface area (Å²) in [6, 6.07) is 0. The summed E-state index contributed by atoms with van der Waals surface area (Å²) in [5, 5.41) is 0.0705. The lowest BCUT2D eigenvalue weighted by atomic mass is 10.4. The summed E-state index contributed by atoms with van der Waals surface area (Å²) in [6.45, 7) is 5.86. The van der Waals surface area contributed by atoms with E-state index < -0.39 is 5.97 Å². The van der Waals surface area contributed by atoms with Gasteiger partial charge >= 0.3 is 5.97 Å². The van der Waals surface area contributed by atoms with Crippen LogP contribution in [0.1, 0.15) is 19.8 Å². The molecule has 0 aliphatic rings. The van der Waals surface area contributed by atoms with Gasteiger partial charge < -0.3 is 4.74 Å². The Morgan fingerprint density at radius 1 is 1.67 bits per heavy atom. The zero-order chi connectivity index (χ0) is 9.40. The Kier molecular flexibility index (Phi) is 6.48. The van der Waals surface area contributed by atoms with E-state index in [9.17, 15) is 4.79 Å². The smallest absolute Gasteiger partial charge is 0.349 e. The van der Waals surface area contributed by atoms with Crippen molar-refractivity contribution in [2.75, 3.05) is 6.61 Å². The molecule has 3 heteroatoms. The highest BCUT2D eigenvalue weighted by molar-refractivity contribution is 6.41. The van der Waals surface area contributed by atoms with Gasteiger partial charge in [0.05, 0.1) is 6.61 Å². The normalized spacial score (nSPS) is 11.0. The predicted octanol–water partition coefficient (Wildman–Crippen LogP) is 2.64. The molecule has 0 saturated heterocycles. The first-order chi connectivity index (χ1) is 5.72. The molecule has 0 saturated carbocycles. The van der Waals surface area contributed by atoms with E-state index in [1.165, 1.54) is 12.2 Å². The summed E-state index contributed by atoms with van der Waals surface area (Å²) in [7, 11) is 0. The van der Waals surface area contributed by atoms with Gasteiger partial charge in [0.15, 0.2) is 0 Å². The van der Waals surface area contributed by atoms with Gasteiger partial charge in [0.2, 0.25) is 0 Å². The number of allylic oxidation sites excluding steroid dienone is 2. The lowest BCUT2D eigenvalue weighted by Gasteiger charge is -2.00. The summed E-state index contributed by atoms with van der Waals surface area (Å²) >= 11 is 5.53. The minimum absolute atomic E-state index is 0.0705. The molecule has 68 valence electrons. The molecule has 0 aliphatic carbocycles. The van der Waals surface area contributed by atoms with Crippen LogP contribution in [0.4, 0.5) is 0 Å². The lowest BCUT2D eigenvalue weighted by molar-refractivity contribution is -0.138. The molecular weight excluding hydrogens is 176 g/mol. The van der Waals surface area contributed by atoms with Gasteiger partial charge in [0, 0.05) is 0 Å². The second-order valence-corrected chi connectivity index (χ2v) is 2.65. The Bertz CT molecular complexity index is 185. The highest BCUT2D eigenvalue weighted by atomic mass is 35.5. The first kappa shape index (κ1) is 11.2. The van der Waals surface area contributed by atoms with Crippen molar-refractivity contribution < 1.29 is 9.53 Å². The Labute approximate surface area is 77.9 Å². The average Bonchev–Trinajstić information content (AvgIpc) is 2.05. The highest BCUT2D eigenvalue weighted by Crippen LogP contribution is 2.04. The summed E-state index contributed by atoms with van der Waals surface area (Å²) < 4.78 is 4.81. The maximum absolute atomic E-state index is 10.9. The van der Waals surface area contributed by atoms with Crippen molar-refractivity contribution in [2.24, 2.45) is 0 Å². The molecule has 0 unspecified atom stereocenters. The van der Waals surface area contributed by atoms with Crippen LogP contribution in [-0.2, 0) is 9.53 Å². The van der Waals surface area contributed by atoms with Crippen molar-refractivity contribution in [1.82, 2.24) is 0 Å². The zero-order valence-electron chi connectivity index (χ0n) is 7.18. The number of unbranched alkanes of at least 4 members (excludes halogenated alkanes) is 1. The molecule has 0 N–H and O–H groups in total. The molecule has 0 fully saturated rings. The number of carbonyl (C=O) groups excluding carboxylic acids is 1. The number of ether oxygens (including phenoxy) is 1. The van der Waals surface area contributed by atoms with Gasteiger partial charge in [0.1, 0.15) is 5.03 Å². The van der Waals surface area contributed by atoms with Crippen molar-refractivity contribution >= 4 is 17.6 Å². The molecule has 0 radical (unpaired) electrons. The Morgan fingerprint density at radius 2 is 2.33 bits per heavy atom. The fourth-order valence-electron chi connectivity index (χ4n) is 0.550. The molecule has 0 atom stereocenters. The van der Waals surface area contributed by atoms with Crippen LogP contribution in [0.5, 0.6) is 0 Å². The minimum atomic E-state index is -0.481. The van der Waals surface area contributed by atoms with Gasteiger partial charge in [-0.05, 0) is 12.5 Å². The second kappa shape index (κ2) is 6.92. The quantitative estimate of drug-likeness (QED) is 0.287. The van der Waals surface area contributed by atoms with Crippen molar-refractivity contribution in [3.8, 4) is 0 Å². The molecule has 0 spiro atoms. The molecule has 0 aromatic carbocycles. The summed E-state index contributed by atoms with van der Waals surface area (Å²) in [6.07, 6.45) is 4.72. The van der Waals surface area contributed by atoms with E-state index in [4.69, 9.17) is 16.3 Å². The largest absolute Gasteiger partial charge is 0.461 e. The van der Waals surface area contributed by atoms with Crippen LogP contribution in [0.15, 0.2) is 23.8 Å². The molecule has 12 heavy (non-hydrogen) atoms. The Hall–Kier alpha value is -0.760.